The number of hydrogen-bond donors (Lipinski definition) is 0. The lowest BCUT2D eigenvalue weighted by Crippen LogP contribution is -2.31. The third-order valence-electron chi connectivity index (χ3n) is 2.16. The van der Waals surface area contributed by atoms with Gasteiger partial charge in [0.1, 0.15) is 5.60 Å². The van der Waals surface area contributed by atoms with E-state index >= 15 is 0 Å². The van der Waals surface area contributed by atoms with Crippen LogP contribution in [0, 0.1) is 17.2 Å². The second-order valence-corrected chi connectivity index (χ2v) is 5.39. The van der Waals surface area contributed by atoms with E-state index in [2.05, 4.69) is 6.07 Å². The van der Waals surface area contributed by atoms with Crippen molar-refractivity contribution in [1.29, 1.82) is 5.26 Å². The summed E-state index contributed by atoms with van der Waals surface area (Å²) in [4.78, 5) is 24.6. The van der Waals surface area contributed by atoms with Crippen molar-refractivity contribution in [3.63, 3.8) is 0 Å². The summed E-state index contributed by atoms with van der Waals surface area (Å²) in [5, 5.41) is 8.65. The normalized spacial score (nSPS) is 12.4. The summed E-state index contributed by atoms with van der Waals surface area (Å²) in [6.45, 7) is 7.48. The van der Waals surface area contributed by atoms with Gasteiger partial charge in [0.2, 0.25) is 5.91 Å². The molecule has 5 heteroatoms. The molecular formula is C13H22N2O3. The quantitative estimate of drug-likeness (QED) is 0.700. The highest BCUT2D eigenvalue weighted by atomic mass is 16.6. The molecule has 1 amide bonds. The fourth-order valence-electron chi connectivity index (χ4n) is 1.35. The Bertz CT molecular complexity index is 339. The third kappa shape index (κ3) is 7.66. The van der Waals surface area contributed by atoms with E-state index in [0.717, 1.165) is 0 Å². The number of carbonyl (C=O) groups is 2. The molecule has 0 radical (unpaired) electrons. The first-order chi connectivity index (χ1) is 8.15. The van der Waals surface area contributed by atoms with Crippen LogP contribution in [0.25, 0.3) is 0 Å². The number of hydrogen-bond acceptors (Lipinski definition) is 4. The molecule has 0 aliphatic rings. The highest BCUT2D eigenvalue weighted by Crippen LogP contribution is 2.10. The Labute approximate surface area is 109 Å². The van der Waals surface area contributed by atoms with Crippen LogP contribution in [-0.4, -0.2) is 36.0 Å². The van der Waals surface area contributed by atoms with Gasteiger partial charge in [-0.2, -0.15) is 5.26 Å². The van der Waals surface area contributed by atoms with Crippen molar-refractivity contribution in [3.8, 4) is 6.07 Å². The molecule has 1 atom stereocenters. The molecule has 0 aliphatic heterocycles. The van der Waals surface area contributed by atoms with Crippen molar-refractivity contribution in [3.05, 3.63) is 0 Å². The van der Waals surface area contributed by atoms with Crippen molar-refractivity contribution in [2.24, 2.45) is 5.92 Å². The fourth-order valence-corrected chi connectivity index (χ4v) is 1.35. The zero-order valence-electron chi connectivity index (χ0n) is 11.8. The van der Waals surface area contributed by atoms with Crippen LogP contribution in [-0.2, 0) is 14.3 Å². The minimum absolute atomic E-state index is 0.0708. The van der Waals surface area contributed by atoms with E-state index in [4.69, 9.17) is 10.00 Å². The molecule has 0 fully saturated rings. The van der Waals surface area contributed by atoms with Gasteiger partial charge >= 0.3 is 5.97 Å². The lowest BCUT2D eigenvalue weighted by molar-refractivity contribution is -0.156. The monoisotopic (exact) mass is 254 g/mol. The van der Waals surface area contributed by atoms with Crippen LogP contribution in [0.3, 0.4) is 0 Å². The molecule has 0 aliphatic carbocycles. The highest BCUT2D eigenvalue weighted by molar-refractivity contribution is 5.81. The van der Waals surface area contributed by atoms with Gasteiger partial charge in [-0.3, -0.25) is 9.59 Å². The van der Waals surface area contributed by atoms with Gasteiger partial charge in [0, 0.05) is 20.0 Å². The van der Waals surface area contributed by atoms with Gasteiger partial charge in [0.25, 0.3) is 0 Å². The maximum absolute atomic E-state index is 11.7. The molecule has 1 unspecified atom stereocenters. The van der Waals surface area contributed by atoms with E-state index in [1.807, 2.05) is 0 Å². The Kier molecular flexibility index (Phi) is 6.39. The molecule has 0 rings (SSSR count). The zero-order valence-corrected chi connectivity index (χ0v) is 11.8. The van der Waals surface area contributed by atoms with Gasteiger partial charge in [0.05, 0.1) is 18.4 Å². The number of esters is 1. The van der Waals surface area contributed by atoms with Crippen molar-refractivity contribution in [2.45, 2.75) is 46.1 Å². The van der Waals surface area contributed by atoms with E-state index in [-0.39, 0.29) is 30.6 Å². The SMILES string of the molecule is CC(C#N)CN(C)C(=O)CCC(=O)OC(C)(C)C. The predicted molar refractivity (Wildman–Crippen MR) is 67.5 cm³/mol. The van der Waals surface area contributed by atoms with E-state index in [1.54, 1.807) is 34.7 Å². The summed E-state index contributed by atoms with van der Waals surface area (Å²) in [6, 6.07) is 2.06. The van der Waals surface area contributed by atoms with Crippen LogP contribution in [0.15, 0.2) is 0 Å². The van der Waals surface area contributed by atoms with Crippen LogP contribution in [0.1, 0.15) is 40.5 Å². The van der Waals surface area contributed by atoms with Crippen LogP contribution < -0.4 is 0 Å². The van der Waals surface area contributed by atoms with Crippen LogP contribution in [0.2, 0.25) is 0 Å². The lowest BCUT2D eigenvalue weighted by Gasteiger charge is -2.21. The molecule has 0 heterocycles. The average molecular weight is 254 g/mol. The van der Waals surface area contributed by atoms with Gasteiger partial charge < -0.3 is 9.64 Å². The molecule has 0 N–H and O–H groups in total. The second kappa shape index (κ2) is 7.00. The van der Waals surface area contributed by atoms with Gasteiger partial charge in [-0.1, -0.05) is 0 Å². The fraction of sp³-hybridized carbons (Fsp3) is 0.769. The first-order valence-electron chi connectivity index (χ1n) is 6.01. The molecule has 0 saturated carbocycles. The maximum atomic E-state index is 11.7. The molecule has 0 aromatic carbocycles. The Morgan fingerprint density at radius 1 is 1.33 bits per heavy atom. The van der Waals surface area contributed by atoms with E-state index in [1.165, 1.54) is 4.90 Å². The van der Waals surface area contributed by atoms with Crippen LogP contribution in [0.4, 0.5) is 0 Å². The molecule has 0 saturated heterocycles. The number of nitrogens with zero attached hydrogens (tertiary/aromatic N) is 2. The largest absolute Gasteiger partial charge is 0.460 e. The topological polar surface area (TPSA) is 70.4 Å². The van der Waals surface area contributed by atoms with Gasteiger partial charge in [-0.15, -0.1) is 0 Å². The minimum atomic E-state index is -0.526. The Morgan fingerprint density at radius 3 is 2.33 bits per heavy atom. The first kappa shape index (κ1) is 16.4. The molecule has 0 aromatic heterocycles. The molecular weight excluding hydrogens is 232 g/mol. The van der Waals surface area contributed by atoms with Crippen molar-refractivity contribution < 1.29 is 14.3 Å². The number of carbonyl (C=O) groups excluding carboxylic acids is 2. The summed E-state index contributed by atoms with van der Waals surface area (Å²) in [6.07, 6.45) is 0.185. The Balaban J connectivity index is 4.04. The van der Waals surface area contributed by atoms with Crippen molar-refractivity contribution >= 4 is 11.9 Å². The number of ether oxygens (including phenoxy) is 1. The van der Waals surface area contributed by atoms with Gasteiger partial charge in [0.15, 0.2) is 0 Å². The minimum Gasteiger partial charge on any atom is -0.460 e. The van der Waals surface area contributed by atoms with E-state index in [9.17, 15) is 9.59 Å². The standard InChI is InChI=1S/C13H22N2O3/c1-10(8-14)9-15(5)11(16)6-7-12(17)18-13(2,3)4/h10H,6-7,9H2,1-5H3. The van der Waals surface area contributed by atoms with Crippen LogP contribution in [0.5, 0.6) is 0 Å². The van der Waals surface area contributed by atoms with Crippen LogP contribution >= 0.6 is 0 Å². The van der Waals surface area contributed by atoms with E-state index in [0.29, 0.717) is 6.54 Å². The summed E-state index contributed by atoms with van der Waals surface area (Å²) in [5.41, 5.74) is -0.526. The first-order valence-corrected chi connectivity index (χ1v) is 6.01. The number of nitriles is 1. The average Bonchev–Trinajstić information content (AvgIpc) is 2.23. The number of amides is 1. The zero-order chi connectivity index (χ0) is 14.3. The molecule has 18 heavy (non-hydrogen) atoms. The molecule has 102 valence electrons. The molecule has 0 bridgehead atoms. The Hall–Kier alpha value is -1.57. The smallest absolute Gasteiger partial charge is 0.306 e. The van der Waals surface area contributed by atoms with E-state index < -0.39 is 5.60 Å². The maximum Gasteiger partial charge on any atom is 0.306 e. The molecule has 0 aromatic rings. The molecule has 5 nitrogen and oxygen atoms in total. The summed E-state index contributed by atoms with van der Waals surface area (Å²) < 4.78 is 5.11. The molecule has 0 spiro atoms. The Morgan fingerprint density at radius 2 is 1.89 bits per heavy atom. The highest BCUT2D eigenvalue weighted by Gasteiger charge is 2.18. The summed E-state index contributed by atoms with van der Waals surface area (Å²) in [5.74, 6) is -0.735. The van der Waals surface area contributed by atoms with Crippen molar-refractivity contribution in [2.75, 3.05) is 13.6 Å². The van der Waals surface area contributed by atoms with Crippen molar-refractivity contribution in [1.82, 2.24) is 4.90 Å². The lowest BCUT2D eigenvalue weighted by atomic mass is 10.2. The number of rotatable bonds is 5. The second-order valence-electron chi connectivity index (χ2n) is 5.39. The summed E-state index contributed by atoms with van der Waals surface area (Å²) in [7, 11) is 1.63. The van der Waals surface area contributed by atoms with Gasteiger partial charge in [-0.25, -0.2) is 0 Å². The summed E-state index contributed by atoms with van der Waals surface area (Å²) >= 11 is 0. The third-order valence-corrected chi connectivity index (χ3v) is 2.16. The van der Waals surface area contributed by atoms with Gasteiger partial charge in [-0.05, 0) is 27.7 Å². The predicted octanol–water partition coefficient (Wildman–Crippen LogP) is 1.73.